The third-order valence-corrected chi connectivity index (χ3v) is 2.53. The minimum absolute atomic E-state index is 0.338. The van der Waals surface area contributed by atoms with Crippen LogP contribution >= 0.6 is 0 Å². The predicted molar refractivity (Wildman–Crippen MR) is 44.3 cm³/mol. The maximum absolute atomic E-state index is 10.9. The van der Waals surface area contributed by atoms with Gasteiger partial charge in [0.1, 0.15) is 0 Å². The van der Waals surface area contributed by atoms with E-state index in [1.807, 2.05) is 5.32 Å². The molecule has 7 heteroatoms. The first-order chi connectivity index (χ1) is 5.37. The monoisotopic (exact) mass is 201 g/mol. The Labute approximate surface area is 88.4 Å². The Morgan fingerprint density at radius 1 is 1.58 bits per heavy atom. The van der Waals surface area contributed by atoms with Crippen LogP contribution in [0, 0.1) is 0 Å². The molecule has 0 spiro atoms. The molecule has 5 nitrogen and oxygen atoms in total. The molecular weight excluding hydrogens is 193 g/mol. The Hall–Kier alpha value is 0.120. The van der Waals surface area contributed by atoms with Crippen molar-refractivity contribution < 1.29 is 17.8 Å². The van der Waals surface area contributed by atoms with E-state index in [-0.39, 0.29) is 0 Å². The van der Waals surface area contributed by atoms with E-state index in [1.54, 1.807) is 0 Å². The first-order valence-electron chi connectivity index (χ1n) is 3.28. The number of carbonyl (C=O) groups is 1. The van der Waals surface area contributed by atoms with Crippen molar-refractivity contribution in [3.8, 4) is 0 Å². The molecule has 0 aromatic carbocycles. The number of amides is 1. The van der Waals surface area contributed by atoms with Gasteiger partial charge in [-0.2, -0.15) is 0 Å². The SMILES string of the molecule is C=C([CH2][Na])C(=O)NCS(=O)(=O)O. The van der Waals surface area contributed by atoms with Crippen molar-refractivity contribution in [1.82, 2.24) is 5.32 Å². The zero-order valence-corrected chi connectivity index (χ0v) is 9.52. The van der Waals surface area contributed by atoms with Crippen molar-refractivity contribution in [2.24, 2.45) is 0 Å². The summed E-state index contributed by atoms with van der Waals surface area (Å²) in [5, 5.41) is 2.02. The Morgan fingerprint density at radius 3 is 2.42 bits per heavy atom. The van der Waals surface area contributed by atoms with Crippen LogP contribution < -0.4 is 5.32 Å². The van der Waals surface area contributed by atoms with E-state index in [2.05, 4.69) is 6.58 Å². The quantitative estimate of drug-likeness (QED) is 0.350. The summed E-state index contributed by atoms with van der Waals surface area (Å²) in [6.07, 6.45) is 0. The molecule has 0 aromatic heterocycles. The first-order valence-corrected chi connectivity index (χ1v) is 6.30. The summed E-state index contributed by atoms with van der Waals surface area (Å²) in [6.45, 7) is 3.42. The van der Waals surface area contributed by atoms with Crippen LogP contribution in [0.2, 0.25) is 3.67 Å². The second-order valence-corrected chi connectivity index (χ2v) is 4.35. The first kappa shape index (κ1) is 12.1. The Kier molecular flexibility index (Phi) is 5.03. The van der Waals surface area contributed by atoms with E-state index in [1.165, 1.54) is 0 Å². The van der Waals surface area contributed by atoms with E-state index in [9.17, 15) is 13.2 Å². The van der Waals surface area contributed by atoms with Gasteiger partial charge in [-0.25, -0.2) is 0 Å². The molecule has 0 saturated heterocycles. The second-order valence-electron chi connectivity index (χ2n) is 2.19. The maximum atomic E-state index is 10.9. The molecule has 0 aliphatic rings. The summed E-state index contributed by atoms with van der Waals surface area (Å²) in [4.78, 5) is 10.9. The topological polar surface area (TPSA) is 83.5 Å². The molecule has 0 radical (unpaired) electrons. The van der Waals surface area contributed by atoms with Gasteiger partial charge in [0.15, 0.2) is 0 Å². The van der Waals surface area contributed by atoms with E-state index >= 15 is 0 Å². The van der Waals surface area contributed by atoms with E-state index in [0.717, 1.165) is 27.9 Å². The molecule has 0 heterocycles. The van der Waals surface area contributed by atoms with E-state index < -0.39 is 21.9 Å². The summed E-state index contributed by atoms with van der Waals surface area (Å²) in [7, 11) is -4.12. The van der Waals surface area contributed by atoms with Crippen LogP contribution in [0.3, 0.4) is 0 Å². The summed E-state index contributed by atoms with van der Waals surface area (Å²) >= 11 is 0.795. The third-order valence-electron chi connectivity index (χ3n) is 1.16. The van der Waals surface area contributed by atoms with Gasteiger partial charge >= 0.3 is 88.7 Å². The molecule has 0 aromatic rings. The minimum atomic E-state index is -4.12. The van der Waals surface area contributed by atoms with Crippen LogP contribution in [0.1, 0.15) is 0 Å². The Morgan fingerprint density at radius 2 is 2.08 bits per heavy atom. The Balaban J connectivity index is 3.97. The fraction of sp³-hybridized carbons (Fsp3) is 0.400. The molecule has 0 aliphatic carbocycles. The third kappa shape index (κ3) is 5.73. The van der Waals surface area contributed by atoms with Gasteiger partial charge in [0.2, 0.25) is 0 Å². The molecule has 2 N–H and O–H groups in total. The molecule has 0 aliphatic heterocycles. The Bertz CT molecular complexity index is 284. The summed E-state index contributed by atoms with van der Waals surface area (Å²) in [5.74, 6) is -1.28. The molecule has 1 amide bonds. The van der Waals surface area contributed by atoms with Gasteiger partial charge in [-0.15, -0.1) is 0 Å². The van der Waals surface area contributed by atoms with E-state index in [0.29, 0.717) is 9.24 Å². The number of hydrogen-bond acceptors (Lipinski definition) is 3. The standard InChI is InChI=1S/C5H8NO4S.Na/c1-4(2)5(7)6-3-11(8,9)10;/h1-3H2,(H,6,7)(H,8,9,10);. The zero-order chi connectivity index (χ0) is 9.78. The predicted octanol–water partition coefficient (Wildman–Crippen LogP) is -0.909. The van der Waals surface area contributed by atoms with Crippen molar-refractivity contribution in [1.29, 1.82) is 0 Å². The van der Waals surface area contributed by atoms with Gasteiger partial charge < -0.3 is 0 Å². The van der Waals surface area contributed by atoms with Gasteiger partial charge in [-0.3, -0.25) is 0 Å². The van der Waals surface area contributed by atoms with Crippen molar-refractivity contribution in [3.63, 3.8) is 0 Å². The van der Waals surface area contributed by atoms with Gasteiger partial charge in [-0.1, -0.05) is 0 Å². The van der Waals surface area contributed by atoms with Crippen LogP contribution in [-0.2, 0) is 14.9 Å². The van der Waals surface area contributed by atoms with Gasteiger partial charge in [0.05, 0.1) is 0 Å². The molecule has 0 bridgehead atoms. The molecule has 0 atom stereocenters. The fourth-order valence-corrected chi connectivity index (χ4v) is 1.08. The molecule has 12 heavy (non-hydrogen) atoms. The van der Waals surface area contributed by atoms with Gasteiger partial charge in [-0.05, 0) is 0 Å². The van der Waals surface area contributed by atoms with Gasteiger partial charge in [0.25, 0.3) is 0 Å². The summed E-state index contributed by atoms with van der Waals surface area (Å²) in [6, 6.07) is 0. The molecule has 0 rings (SSSR count). The number of hydrogen-bond donors (Lipinski definition) is 2. The van der Waals surface area contributed by atoms with Crippen molar-refractivity contribution in [3.05, 3.63) is 12.2 Å². The molecule has 0 saturated carbocycles. The molecule has 0 unspecified atom stereocenters. The average Bonchev–Trinajstić information content (AvgIpc) is 1.97. The van der Waals surface area contributed by atoms with Crippen LogP contribution in [0.5, 0.6) is 0 Å². The van der Waals surface area contributed by atoms with Crippen molar-refractivity contribution in [2.75, 3.05) is 5.88 Å². The number of carbonyl (C=O) groups excluding carboxylic acids is 1. The van der Waals surface area contributed by atoms with Crippen LogP contribution in [0.25, 0.3) is 0 Å². The van der Waals surface area contributed by atoms with Crippen molar-refractivity contribution >= 4 is 44.0 Å². The molecular formula is C5H8NNaO4S. The zero-order valence-electron chi connectivity index (χ0n) is 6.70. The normalized spacial score (nSPS) is 10.9. The van der Waals surface area contributed by atoms with Crippen LogP contribution in [-0.4, -0.2) is 52.7 Å². The van der Waals surface area contributed by atoms with E-state index in [4.69, 9.17) is 4.55 Å². The summed E-state index contributed by atoms with van der Waals surface area (Å²) < 4.78 is 29.2. The average molecular weight is 201 g/mol. The summed E-state index contributed by atoms with van der Waals surface area (Å²) in [5.41, 5.74) is 0.338. The molecule has 64 valence electrons. The van der Waals surface area contributed by atoms with Gasteiger partial charge in [0, 0.05) is 0 Å². The van der Waals surface area contributed by atoms with Crippen molar-refractivity contribution in [2.45, 2.75) is 3.67 Å². The fourth-order valence-electron chi connectivity index (χ4n) is 0.442. The van der Waals surface area contributed by atoms with Crippen LogP contribution in [0.4, 0.5) is 0 Å². The molecule has 0 fully saturated rings. The number of nitrogens with one attached hydrogen (secondary N) is 1. The number of rotatable bonds is 4. The van der Waals surface area contributed by atoms with Crippen LogP contribution in [0.15, 0.2) is 12.2 Å². The second kappa shape index (κ2) is 4.98.